The molecule has 0 spiro atoms. The minimum Gasteiger partial charge on any atom is -0.264 e. The minimum absolute atomic E-state index is 0.148. The van der Waals surface area contributed by atoms with Gasteiger partial charge in [0.15, 0.2) is 0 Å². The molecule has 0 saturated carbocycles. The van der Waals surface area contributed by atoms with E-state index in [4.69, 9.17) is 0 Å². The molecule has 2 atom stereocenters. The van der Waals surface area contributed by atoms with Gasteiger partial charge in [0.2, 0.25) is 0 Å². The zero-order valence-electron chi connectivity index (χ0n) is 8.41. The summed E-state index contributed by atoms with van der Waals surface area (Å²) in [6, 6.07) is 4.96. The van der Waals surface area contributed by atoms with Crippen molar-refractivity contribution < 1.29 is 9.85 Å². The predicted octanol–water partition coefficient (Wildman–Crippen LogP) is 1.08. The van der Waals surface area contributed by atoms with Crippen molar-refractivity contribution in [2.75, 3.05) is 0 Å². The lowest BCUT2D eigenvalue weighted by Gasteiger charge is -2.21. The second-order valence-corrected chi connectivity index (χ2v) is 3.88. The van der Waals surface area contributed by atoms with Crippen molar-refractivity contribution in [1.29, 1.82) is 0 Å². The fourth-order valence-corrected chi connectivity index (χ4v) is 2.11. The quantitative estimate of drug-likeness (QED) is 0.553. The van der Waals surface area contributed by atoms with Crippen molar-refractivity contribution in [2.24, 2.45) is 0 Å². The largest absolute Gasteiger partial charge is 0.283 e. The van der Waals surface area contributed by atoms with Gasteiger partial charge in [0.1, 0.15) is 0 Å². The van der Waals surface area contributed by atoms with E-state index < -0.39 is 21.9 Å². The van der Waals surface area contributed by atoms with E-state index in [-0.39, 0.29) is 12.8 Å². The van der Waals surface area contributed by atoms with Crippen molar-refractivity contribution in [1.82, 2.24) is 0 Å². The Morgan fingerprint density at radius 1 is 0.938 bits per heavy atom. The Bertz CT molecular complexity index is 405. The molecule has 0 N–H and O–H groups in total. The molecule has 1 aromatic carbocycles. The molecular weight excluding hydrogens is 212 g/mol. The van der Waals surface area contributed by atoms with Crippen LogP contribution < -0.4 is 0 Å². The lowest BCUT2D eigenvalue weighted by molar-refractivity contribution is -0.618. The highest BCUT2D eigenvalue weighted by molar-refractivity contribution is 5.31. The van der Waals surface area contributed by atoms with Gasteiger partial charge >= 0.3 is 0 Å². The molecule has 0 saturated heterocycles. The van der Waals surface area contributed by atoms with Crippen LogP contribution in [0.5, 0.6) is 0 Å². The van der Waals surface area contributed by atoms with E-state index in [9.17, 15) is 20.2 Å². The number of hydrogen-bond acceptors (Lipinski definition) is 4. The van der Waals surface area contributed by atoms with E-state index in [0.29, 0.717) is 0 Å². The van der Waals surface area contributed by atoms with E-state index in [1.807, 2.05) is 0 Å². The molecule has 1 aromatic rings. The van der Waals surface area contributed by atoms with Gasteiger partial charge in [-0.3, -0.25) is 20.2 Å². The lowest BCUT2D eigenvalue weighted by atomic mass is 9.85. The monoisotopic (exact) mass is 222 g/mol. The third-order valence-electron chi connectivity index (χ3n) is 2.96. The van der Waals surface area contributed by atoms with E-state index >= 15 is 0 Å². The van der Waals surface area contributed by atoms with Crippen LogP contribution in [-0.4, -0.2) is 21.9 Å². The first-order chi connectivity index (χ1) is 7.59. The van der Waals surface area contributed by atoms with Gasteiger partial charge in [-0.1, -0.05) is 24.3 Å². The van der Waals surface area contributed by atoms with Crippen LogP contribution in [0.4, 0.5) is 0 Å². The van der Waals surface area contributed by atoms with Crippen molar-refractivity contribution in [3.05, 3.63) is 55.6 Å². The van der Waals surface area contributed by atoms with Crippen molar-refractivity contribution in [3.63, 3.8) is 0 Å². The zero-order valence-corrected chi connectivity index (χ0v) is 8.41. The Morgan fingerprint density at radius 3 is 1.62 bits per heavy atom. The molecule has 0 heterocycles. The van der Waals surface area contributed by atoms with Crippen LogP contribution in [0.15, 0.2) is 24.3 Å². The van der Waals surface area contributed by atoms with Gasteiger partial charge < -0.3 is 0 Å². The average Bonchev–Trinajstić information content (AvgIpc) is 2.27. The normalized spacial score (nSPS) is 23.5. The summed E-state index contributed by atoms with van der Waals surface area (Å²) >= 11 is 0. The molecule has 0 bridgehead atoms. The molecule has 1 aliphatic carbocycles. The fraction of sp³-hybridized carbons (Fsp3) is 0.400. The fourth-order valence-electron chi connectivity index (χ4n) is 2.11. The number of nitrogens with zero attached hydrogens (tertiary/aromatic N) is 2. The smallest absolute Gasteiger partial charge is 0.264 e. The van der Waals surface area contributed by atoms with Crippen LogP contribution in [-0.2, 0) is 12.8 Å². The standard InChI is InChI=1S/C10H10N2O4/c13-11(14)9-5-7-3-1-2-4-8(7)6-10(9)12(15)16/h1-4,9-10H,5-6H2/t9-,10-/m1/s1. The molecule has 6 nitrogen and oxygen atoms in total. The van der Waals surface area contributed by atoms with E-state index in [0.717, 1.165) is 11.1 Å². The summed E-state index contributed by atoms with van der Waals surface area (Å²) in [5.41, 5.74) is 1.70. The topological polar surface area (TPSA) is 86.3 Å². The first kappa shape index (κ1) is 10.5. The lowest BCUT2D eigenvalue weighted by Crippen LogP contribution is -2.45. The Hall–Kier alpha value is -1.98. The van der Waals surface area contributed by atoms with Crippen LogP contribution in [0.25, 0.3) is 0 Å². The Balaban J connectivity index is 2.37. The van der Waals surface area contributed by atoms with Crippen LogP contribution in [0.3, 0.4) is 0 Å². The molecule has 0 fully saturated rings. The van der Waals surface area contributed by atoms with Gasteiger partial charge in [-0.15, -0.1) is 0 Å². The zero-order chi connectivity index (χ0) is 11.7. The molecule has 84 valence electrons. The van der Waals surface area contributed by atoms with Crippen LogP contribution in [0, 0.1) is 20.2 Å². The van der Waals surface area contributed by atoms with Crippen LogP contribution >= 0.6 is 0 Å². The molecule has 16 heavy (non-hydrogen) atoms. The summed E-state index contributed by atoms with van der Waals surface area (Å²) in [6.45, 7) is 0. The van der Waals surface area contributed by atoms with Crippen molar-refractivity contribution in [2.45, 2.75) is 24.9 Å². The molecule has 0 radical (unpaired) electrons. The molecule has 0 aromatic heterocycles. The molecule has 6 heteroatoms. The number of nitro groups is 2. The summed E-state index contributed by atoms with van der Waals surface area (Å²) in [5, 5.41) is 21.6. The summed E-state index contributed by atoms with van der Waals surface area (Å²) in [5.74, 6) is 0. The molecule has 0 aliphatic heterocycles. The van der Waals surface area contributed by atoms with Gasteiger partial charge in [-0.25, -0.2) is 0 Å². The maximum Gasteiger partial charge on any atom is 0.283 e. The molecule has 0 unspecified atom stereocenters. The number of fused-ring (bicyclic) bond motifs is 1. The second kappa shape index (κ2) is 3.88. The molecule has 1 aliphatic rings. The average molecular weight is 222 g/mol. The highest BCUT2D eigenvalue weighted by Gasteiger charge is 2.44. The maximum atomic E-state index is 10.8. The second-order valence-electron chi connectivity index (χ2n) is 3.88. The van der Waals surface area contributed by atoms with Gasteiger partial charge in [-0.2, -0.15) is 0 Å². The highest BCUT2D eigenvalue weighted by Crippen LogP contribution is 2.24. The number of rotatable bonds is 2. The number of benzene rings is 1. The molecule has 0 amide bonds. The van der Waals surface area contributed by atoms with Gasteiger partial charge in [0.05, 0.1) is 0 Å². The summed E-state index contributed by atoms with van der Waals surface area (Å²) in [6.07, 6.45) is 0.295. The van der Waals surface area contributed by atoms with Gasteiger partial charge in [0, 0.05) is 22.7 Å². The Kier molecular flexibility index (Phi) is 2.55. The molecule has 2 rings (SSSR count). The van der Waals surface area contributed by atoms with Crippen LogP contribution in [0.1, 0.15) is 11.1 Å². The van der Waals surface area contributed by atoms with Gasteiger partial charge in [-0.05, 0) is 11.1 Å². The summed E-state index contributed by atoms with van der Waals surface area (Å²) in [4.78, 5) is 20.5. The maximum absolute atomic E-state index is 10.8. The van der Waals surface area contributed by atoms with E-state index in [1.165, 1.54) is 0 Å². The Morgan fingerprint density at radius 2 is 1.31 bits per heavy atom. The van der Waals surface area contributed by atoms with E-state index in [2.05, 4.69) is 0 Å². The highest BCUT2D eigenvalue weighted by atomic mass is 16.6. The number of hydrogen-bond donors (Lipinski definition) is 0. The minimum atomic E-state index is -1.11. The van der Waals surface area contributed by atoms with Gasteiger partial charge in [0.25, 0.3) is 12.1 Å². The summed E-state index contributed by atoms with van der Waals surface area (Å²) < 4.78 is 0. The SMILES string of the molecule is O=[N+]([O-])[C@@H]1Cc2ccccc2C[C@H]1[N+](=O)[O-]. The van der Waals surface area contributed by atoms with E-state index in [1.54, 1.807) is 24.3 Å². The molecular formula is C10H10N2O4. The third kappa shape index (κ3) is 1.73. The first-order valence-corrected chi connectivity index (χ1v) is 4.93. The van der Waals surface area contributed by atoms with Crippen molar-refractivity contribution >= 4 is 0 Å². The predicted molar refractivity (Wildman–Crippen MR) is 55.4 cm³/mol. The third-order valence-corrected chi connectivity index (χ3v) is 2.96. The van der Waals surface area contributed by atoms with Crippen molar-refractivity contribution in [3.8, 4) is 0 Å². The first-order valence-electron chi connectivity index (χ1n) is 4.93. The van der Waals surface area contributed by atoms with Crippen LogP contribution in [0.2, 0.25) is 0 Å². The summed E-state index contributed by atoms with van der Waals surface area (Å²) in [7, 11) is 0. The Labute approximate surface area is 91.2 Å².